The molecule has 0 saturated carbocycles. The lowest BCUT2D eigenvalue weighted by molar-refractivity contribution is -0.126. The molecule has 2 aliphatic rings. The van der Waals surface area contributed by atoms with Gasteiger partial charge in [-0.25, -0.2) is 14.4 Å². The number of nitrogens with zero attached hydrogens (tertiary/aromatic N) is 3. The molecule has 1 aromatic heterocycles. The topological polar surface area (TPSA) is 126 Å². The summed E-state index contributed by atoms with van der Waals surface area (Å²) in [4.78, 5) is 37.0. The first-order valence-corrected chi connectivity index (χ1v) is 13.7. The number of amides is 2. The zero-order valence-electron chi connectivity index (χ0n) is 23.1. The van der Waals surface area contributed by atoms with Crippen LogP contribution in [0.3, 0.4) is 0 Å². The number of halogens is 3. The molecule has 5 rings (SSSR count). The number of hydrogen-bond acceptors (Lipinski definition) is 8. The number of benzene rings is 2. The summed E-state index contributed by atoms with van der Waals surface area (Å²) in [5.41, 5.74) is 2.70. The van der Waals surface area contributed by atoms with E-state index in [0.717, 1.165) is 18.4 Å². The highest BCUT2D eigenvalue weighted by Gasteiger charge is 2.35. The summed E-state index contributed by atoms with van der Waals surface area (Å²) >= 11 is 6.45. The number of aliphatic hydroxyl groups is 1. The normalized spacial score (nSPS) is 16.3. The van der Waals surface area contributed by atoms with E-state index in [0.29, 0.717) is 46.6 Å². The minimum Gasteiger partial charge on any atom is -0.497 e. The lowest BCUT2D eigenvalue weighted by atomic mass is 10.0. The first kappa shape index (κ1) is 31.4. The fourth-order valence-corrected chi connectivity index (χ4v) is 5.22. The predicted octanol–water partition coefficient (Wildman–Crippen LogP) is 4.15. The van der Waals surface area contributed by atoms with Crippen molar-refractivity contribution in [2.45, 2.75) is 44.4 Å². The second kappa shape index (κ2) is 13.6. The number of methoxy groups -OCH3 is 1. The number of carbonyl (C=O) groups is 2. The first-order chi connectivity index (χ1) is 19.8. The molecule has 2 aliphatic heterocycles. The Morgan fingerprint density at radius 3 is 2.74 bits per heavy atom. The maximum Gasteiger partial charge on any atom is 0.255 e. The smallest absolute Gasteiger partial charge is 0.255 e. The molecule has 2 aromatic carbocycles. The van der Waals surface area contributed by atoms with E-state index in [2.05, 4.69) is 20.6 Å². The molecule has 1 fully saturated rings. The van der Waals surface area contributed by atoms with Gasteiger partial charge in [-0.05, 0) is 49.1 Å². The van der Waals surface area contributed by atoms with E-state index in [1.54, 1.807) is 13.0 Å². The molecule has 0 unspecified atom stereocenters. The van der Waals surface area contributed by atoms with Crippen molar-refractivity contribution >= 4 is 41.8 Å². The molecule has 3 heterocycles. The van der Waals surface area contributed by atoms with E-state index < -0.39 is 30.4 Å². The van der Waals surface area contributed by atoms with Gasteiger partial charge >= 0.3 is 0 Å². The van der Waals surface area contributed by atoms with Crippen molar-refractivity contribution in [1.29, 1.82) is 0 Å². The van der Waals surface area contributed by atoms with Gasteiger partial charge in [-0.2, -0.15) is 0 Å². The maximum absolute atomic E-state index is 14.0. The highest BCUT2D eigenvalue weighted by Crippen LogP contribution is 2.32. The van der Waals surface area contributed by atoms with Crippen molar-refractivity contribution < 1.29 is 28.6 Å². The van der Waals surface area contributed by atoms with E-state index in [-0.39, 0.29) is 36.7 Å². The van der Waals surface area contributed by atoms with E-state index in [9.17, 15) is 19.1 Å². The predicted molar refractivity (Wildman–Crippen MR) is 157 cm³/mol. The number of carbonyl (C=O) groups excluding carboxylic acids is 2. The second-order valence-corrected chi connectivity index (χ2v) is 10.5. The van der Waals surface area contributed by atoms with Gasteiger partial charge in [0.25, 0.3) is 5.91 Å². The van der Waals surface area contributed by atoms with Crippen molar-refractivity contribution in [3.63, 3.8) is 0 Å². The van der Waals surface area contributed by atoms with E-state index in [4.69, 9.17) is 21.1 Å². The summed E-state index contributed by atoms with van der Waals surface area (Å²) in [5.74, 6) is -0.655. The van der Waals surface area contributed by atoms with Crippen LogP contribution in [0.15, 0.2) is 42.6 Å². The van der Waals surface area contributed by atoms with E-state index in [1.807, 2.05) is 12.1 Å². The Morgan fingerprint density at radius 2 is 2.02 bits per heavy atom. The van der Waals surface area contributed by atoms with Gasteiger partial charge in [-0.1, -0.05) is 23.7 Å². The number of anilines is 1. The molecule has 3 aromatic rings. The Hall–Kier alpha value is -3.51. The molecule has 3 N–H and O–H groups in total. The Kier molecular flexibility index (Phi) is 10.2. The van der Waals surface area contributed by atoms with Crippen LogP contribution in [0.1, 0.15) is 47.3 Å². The molecule has 2 atom stereocenters. The van der Waals surface area contributed by atoms with Gasteiger partial charge in [0.15, 0.2) is 0 Å². The molecule has 42 heavy (non-hydrogen) atoms. The number of rotatable bonds is 9. The third kappa shape index (κ3) is 6.75. The number of ether oxygens (including phenoxy) is 2. The van der Waals surface area contributed by atoms with E-state index in [1.165, 1.54) is 36.4 Å². The highest BCUT2D eigenvalue weighted by atomic mass is 35.5. The molecular weight excluding hydrogens is 588 g/mol. The van der Waals surface area contributed by atoms with Crippen LogP contribution in [0.25, 0.3) is 11.3 Å². The minimum absolute atomic E-state index is 0. The van der Waals surface area contributed by atoms with Gasteiger partial charge < -0.3 is 30.1 Å². The van der Waals surface area contributed by atoms with Crippen LogP contribution in [0, 0.1) is 5.82 Å². The van der Waals surface area contributed by atoms with Crippen molar-refractivity contribution in [2.75, 3.05) is 32.2 Å². The molecule has 1 saturated heterocycles. The number of fused-ring (bicyclic) bond motifs is 1. The average Bonchev–Trinajstić information content (AvgIpc) is 3.31. The summed E-state index contributed by atoms with van der Waals surface area (Å²) in [6.45, 7) is 2.73. The highest BCUT2D eigenvalue weighted by molar-refractivity contribution is 6.33. The summed E-state index contributed by atoms with van der Waals surface area (Å²) in [7, 11) is 1.40. The standard InChI is InChI=1S/C29H31ClFN5O5.ClH/c1-16(27(38)34-25(15-37)19-9-20(31)12-22(10-19)40-2)36-14-18-4-3-17(11-23(18)28(36)39)26-24(30)13-32-29(35-26)33-21-5-7-41-8-6-21;/h3-4,9-13,16,21,25,37H,5-8,14-15H2,1-2H3,(H,34,38)(H,32,33,35);1H/t16-,25-;/m1./s1. The van der Waals surface area contributed by atoms with Gasteiger partial charge in [0.1, 0.15) is 17.6 Å². The van der Waals surface area contributed by atoms with Gasteiger partial charge in [0, 0.05) is 43.0 Å². The third-order valence-electron chi connectivity index (χ3n) is 7.39. The number of nitrogens with one attached hydrogen (secondary N) is 2. The van der Waals surface area contributed by atoms with Gasteiger partial charge in [0.05, 0.1) is 36.7 Å². The molecule has 224 valence electrons. The average molecular weight is 621 g/mol. The molecular formula is C29H32Cl2FN5O5. The SMILES string of the molecule is COc1cc(F)cc([C@@H](CO)NC(=O)[C@@H](C)N2Cc3ccc(-c4nc(NC5CCOCC5)ncc4Cl)cc3C2=O)c1.Cl. The van der Waals surface area contributed by atoms with Gasteiger partial charge in [-0.15, -0.1) is 12.4 Å². The summed E-state index contributed by atoms with van der Waals surface area (Å²) in [6, 6.07) is 7.81. The van der Waals surface area contributed by atoms with Gasteiger partial charge in [0.2, 0.25) is 11.9 Å². The van der Waals surface area contributed by atoms with Gasteiger partial charge in [-0.3, -0.25) is 9.59 Å². The molecule has 10 nitrogen and oxygen atoms in total. The van der Waals surface area contributed by atoms with Crippen LogP contribution in [-0.2, 0) is 16.1 Å². The van der Waals surface area contributed by atoms with Crippen LogP contribution < -0.4 is 15.4 Å². The monoisotopic (exact) mass is 619 g/mol. The lowest BCUT2D eigenvalue weighted by Crippen LogP contribution is -2.46. The number of aliphatic hydroxyl groups excluding tert-OH is 1. The summed E-state index contributed by atoms with van der Waals surface area (Å²) in [5, 5.41) is 16.3. The first-order valence-electron chi connectivity index (χ1n) is 13.3. The molecule has 13 heteroatoms. The minimum atomic E-state index is -0.884. The molecule has 0 spiro atoms. The maximum atomic E-state index is 14.0. The molecule has 0 radical (unpaired) electrons. The fourth-order valence-electron chi connectivity index (χ4n) is 5.02. The van der Waals surface area contributed by atoms with E-state index >= 15 is 0 Å². The van der Waals surface area contributed by atoms with Crippen molar-refractivity contribution in [2.24, 2.45) is 0 Å². The summed E-state index contributed by atoms with van der Waals surface area (Å²) in [6.07, 6.45) is 3.24. The number of hydrogen-bond donors (Lipinski definition) is 3. The van der Waals surface area contributed by atoms with Crippen LogP contribution in [0.4, 0.5) is 10.3 Å². The zero-order valence-corrected chi connectivity index (χ0v) is 24.7. The Labute approximate surface area is 254 Å². The zero-order chi connectivity index (χ0) is 29.1. The Bertz CT molecular complexity index is 1460. The largest absolute Gasteiger partial charge is 0.497 e. The van der Waals surface area contributed by atoms with Crippen molar-refractivity contribution in [1.82, 2.24) is 20.2 Å². The van der Waals surface area contributed by atoms with Crippen molar-refractivity contribution in [3.8, 4) is 17.0 Å². The second-order valence-electron chi connectivity index (χ2n) is 10.1. The quantitative estimate of drug-likeness (QED) is 0.326. The lowest BCUT2D eigenvalue weighted by Gasteiger charge is -2.26. The molecule has 0 bridgehead atoms. The summed E-state index contributed by atoms with van der Waals surface area (Å²) < 4.78 is 24.5. The van der Waals surface area contributed by atoms with Crippen molar-refractivity contribution in [3.05, 3.63) is 70.1 Å². The molecule has 0 aliphatic carbocycles. The number of aromatic nitrogens is 2. The van der Waals surface area contributed by atoms with Crippen LogP contribution >= 0.6 is 24.0 Å². The van der Waals surface area contributed by atoms with Crippen LogP contribution in [0.5, 0.6) is 5.75 Å². The Balaban J connectivity index is 0.00000405. The fraction of sp³-hybridized carbons (Fsp3) is 0.379. The molecule has 2 amide bonds. The van der Waals surface area contributed by atoms with Crippen LogP contribution in [0.2, 0.25) is 5.02 Å². The third-order valence-corrected chi connectivity index (χ3v) is 7.67. The van der Waals surface area contributed by atoms with Crippen LogP contribution in [-0.4, -0.2) is 70.8 Å². The Morgan fingerprint density at radius 1 is 1.26 bits per heavy atom.